The molecule has 1 unspecified atom stereocenters. The molecule has 1 atom stereocenters. The summed E-state index contributed by atoms with van der Waals surface area (Å²) in [5.74, 6) is -0.283. The molecule has 0 aromatic heterocycles. The number of nitrogens with two attached hydrogens (primary N) is 1. The van der Waals surface area contributed by atoms with E-state index in [0.29, 0.717) is 0 Å². The minimum absolute atomic E-state index is 0.154. The van der Waals surface area contributed by atoms with Crippen molar-refractivity contribution >= 4 is 11.9 Å². The molecule has 0 saturated heterocycles. The summed E-state index contributed by atoms with van der Waals surface area (Å²) in [5, 5.41) is 2.86. The Hall–Kier alpha value is -1.10. The number of carbonyl (C=O) groups excluding carboxylic acids is 2. The zero-order valence-corrected chi connectivity index (χ0v) is 12.0. The number of amides is 1. The summed E-state index contributed by atoms with van der Waals surface area (Å²) in [7, 11) is 0. The van der Waals surface area contributed by atoms with Gasteiger partial charge in [-0.25, -0.2) is 4.79 Å². The van der Waals surface area contributed by atoms with Gasteiger partial charge < -0.3 is 15.8 Å². The molecule has 0 spiro atoms. The van der Waals surface area contributed by atoms with Crippen LogP contribution in [0.2, 0.25) is 0 Å². The predicted octanol–water partition coefficient (Wildman–Crippen LogP) is 1.35. The second kappa shape index (κ2) is 8.15. The topological polar surface area (TPSA) is 81.4 Å². The maximum absolute atomic E-state index is 11.8. The van der Waals surface area contributed by atoms with Gasteiger partial charge in [-0.05, 0) is 38.5 Å². The van der Waals surface area contributed by atoms with E-state index >= 15 is 0 Å². The fourth-order valence-electron chi connectivity index (χ4n) is 2.63. The minimum Gasteiger partial charge on any atom is -0.464 e. The smallest absolute Gasteiger partial charge is 0.332 e. The highest BCUT2D eigenvalue weighted by molar-refractivity contribution is 6.01. The Labute approximate surface area is 115 Å². The lowest BCUT2D eigenvalue weighted by Gasteiger charge is -2.29. The number of nitrogens with one attached hydrogen (secondary N) is 1. The maximum atomic E-state index is 11.8. The van der Waals surface area contributed by atoms with Crippen LogP contribution in [-0.4, -0.2) is 30.6 Å². The van der Waals surface area contributed by atoms with E-state index in [1.807, 2.05) is 0 Å². The first-order valence-corrected chi connectivity index (χ1v) is 7.31. The van der Waals surface area contributed by atoms with Crippen LogP contribution in [0.3, 0.4) is 0 Å². The molecule has 0 aromatic rings. The lowest BCUT2D eigenvalue weighted by atomic mass is 9.83. The van der Waals surface area contributed by atoms with Gasteiger partial charge in [0, 0.05) is 6.04 Å². The molecule has 1 saturated carbocycles. The van der Waals surface area contributed by atoms with Crippen molar-refractivity contribution in [1.29, 1.82) is 0 Å². The van der Waals surface area contributed by atoms with Gasteiger partial charge in [0.15, 0.2) is 6.04 Å². The van der Waals surface area contributed by atoms with E-state index in [4.69, 9.17) is 10.5 Å². The molecule has 1 rings (SSSR count). The Morgan fingerprint density at radius 3 is 2.42 bits per heavy atom. The van der Waals surface area contributed by atoms with Crippen molar-refractivity contribution in [3.05, 3.63) is 0 Å². The molecular formula is C14H26N2O3. The van der Waals surface area contributed by atoms with Gasteiger partial charge in [0.2, 0.25) is 5.91 Å². The monoisotopic (exact) mass is 270 g/mol. The van der Waals surface area contributed by atoms with Crippen molar-refractivity contribution in [2.45, 2.75) is 64.5 Å². The van der Waals surface area contributed by atoms with Gasteiger partial charge in [-0.1, -0.05) is 19.8 Å². The van der Waals surface area contributed by atoms with Gasteiger partial charge in [0.25, 0.3) is 0 Å². The van der Waals surface area contributed by atoms with Crippen molar-refractivity contribution in [2.75, 3.05) is 6.61 Å². The van der Waals surface area contributed by atoms with Crippen molar-refractivity contribution in [3.63, 3.8) is 0 Å². The highest BCUT2D eigenvalue weighted by Crippen LogP contribution is 2.27. The number of esters is 1. The Balaban J connectivity index is 2.32. The van der Waals surface area contributed by atoms with E-state index in [9.17, 15) is 9.59 Å². The van der Waals surface area contributed by atoms with Gasteiger partial charge in [-0.2, -0.15) is 0 Å². The third kappa shape index (κ3) is 5.19. The second-order valence-corrected chi connectivity index (χ2v) is 5.24. The Bertz CT molecular complexity index is 299. The third-order valence-electron chi connectivity index (χ3n) is 3.71. The first-order chi connectivity index (χ1) is 9.08. The molecule has 1 aliphatic carbocycles. The summed E-state index contributed by atoms with van der Waals surface area (Å²) in [6, 6.07) is -1.05. The summed E-state index contributed by atoms with van der Waals surface area (Å²) in [4.78, 5) is 23.2. The summed E-state index contributed by atoms with van der Waals surface area (Å²) in [6.07, 6.45) is 6.73. The zero-order chi connectivity index (χ0) is 14.3. The molecule has 0 aromatic carbocycles. The summed E-state index contributed by atoms with van der Waals surface area (Å²) >= 11 is 0. The molecule has 3 N–H and O–H groups in total. The van der Waals surface area contributed by atoms with Crippen LogP contribution in [0, 0.1) is 5.92 Å². The number of ether oxygens (including phenoxy) is 1. The lowest BCUT2D eigenvalue weighted by molar-refractivity contribution is -0.148. The van der Waals surface area contributed by atoms with E-state index in [2.05, 4.69) is 12.2 Å². The van der Waals surface area contributed by atoms with Crippen molar-refractivity contribution in [2.24, 2.45) is 11.7 Å². The first-order valence-electron chi connectivity index (χ1n) is 7.31. The molecule has 5 heteroatoms. The fraction of sp³-hybridized carbons (Fsp3) is 0.857. The Kier molecular flexibility index (Phi) is 6.84. The molecular weight excluding hydrogens is 244 g/mol. The van der Waals surface area contributed by atoms with Crippen LogP contribution in [0.15, 0.2) is 0 Å². The number of rotatable bonds is 6. The number of hydrogen-bond acceptors (Lipinski definition) is 4. The Morgan fingerprint density at radius 1 is 1.26 bits per heavy atom. The molecule has 1 amide bonds. The van der Waals surface area contributed by atoms with E-state index in [0.717, 1.165) is 31.6 Å². The average Bonchev–Trinajstić information content (AvgIpc) is 2.40. The normalized spacial score (nSPS) is 24.6. The molecule has 1 fully saturated rings. The van der Waals surface area contributed by atoms with Gasteiger partial charge in [-0.3, -0.25) is 4.79 Å². The first kappa shape index (κ1) is 16.0. The van der Waals surface area contributed by atoms with Crippen LogP contribution in [0.25, 0.3) is 0 Å². The summed E-state index contributed by atoms with van der Waals surface area (Å²) in [5.41, 5.74) is 5.55. The maximum Gasteiger partial charge on any atom is 0.332 e. The average molecular weight is 270 g/mol. The van der Waals surface area contributed by atoms with E-state index < -0.39 is 17.9 Å². The standard InChI is InChI=1S/C14H26N2O3/c1-3-5-10-6-8-11(9-7-10)16-13(17)12(15)14(18)19-4-2/h10-12H,3-9,15H2,1-2H3,(H,16,17). The zero-order valence-electron chi connectivity index (χ0n) is 12.0. The predicted molar refractivity (Wildman–Crippen MR) is 73.4 cm³/mol. The second-order valence-electron chi connectivity index (χ2n) is 5.24. The molecule has 1 aliphatic rings. The van der Waals surface area contributed by atoms with Crippen LogP contribution in [0.1, 0.15) is 52.4 Å². The largest absolute Gasteiger partial charge is 0.464 e. The van der Waals surface area contributed by atoms with Gasteiger partial charge >= 0.3 is 5.97 Å². The molecule has 0 heterocycles. The van der Waals surface area contributed by atoms with E-state index in [1.165, 1.54) is 12.8 Å². The van der Waals surface area contributed by atoms with Gasteiger partial charge in [0.1, 0.15) is 0 Å². The number of hydrogen-bond donors (Lipinski definition) is 2. The highest BCUT2D eigenvalue weighted by atomic mass is 16.5. The molecule has 19 heavy (non-hydrogen) atoms. The minimum atomic E-state index is -1.20. The molecule has 0 aliphatic heterocycles. The van der Waals surface area contributed by atoms with E-state index in [1.54, 1.807) is 6.92 Å². The summed E-state index contributed by atoms with van der Waals surface area (Å²) < 4.78 is 4.74. The van der Waals surface area contributed by atoms with Crippen molar-refractivity contribution in [1.82, 2.24) is 5.32 Å². The van der Waals surface area contributed by atoms with Crippen LogP contribution in [0.4, 0.5) is 0 Å². The fourth-order valence-corrected chi connectivity index (χ4v) is 2.63. The van der Waals surface area contributed by atoms with Gasteiger partial charge in [0.05, 0.1) is 6.61 Å². The van der Waals surface area contributed by atoms with Gasteiger partial charge in [-0.15, -0.1) is 0 Å². The van der Waals surface area contributed by atoms with Crippen molar-refractivity contribution in [3.8, 4) is 0 Å². The van der Waals surface area contributed by atoms with Crippen LogP contribution in [0.5, 0.6) is 0 Å². The molecule has 110 valence electrons. The molecule has 0 radical (unpaired) electrons. The number of carbonyl (C=O) groups is 2. The quantitative estimate of drug-likeness (QED) is 0.564. The Morgan fingerprint density at radius 2 is 1.89 bits per heavy atom. The van der Waals surface area contributed by atoms with Crippen LogP contribution < -0.4 is 11.1 Å². The lowest BCUT2D eigenvalue weighted by Crippen LogP contribution is -2.50. The van der Waals surface area contributed by atoms with Crippen LogP contribution >= 0.6 is 0 Å². The van der Waals surface area contributed by atoms with Crippen molar-refractivity contribution < 1.29 is 14.3 Å². The van der Waals surface area contributed by atoms with E-state index in [-0.39, 0.29) is 12.6 Å². The summed E-state index contributed by atoms with van der Waals surface area (Å²) in [6.45, 7) is 4.13. The molecule has 5 nitrogen and oxygen atoms in total. The molecule has 0 bridgehead atoms. The van der Waals surface area contributed by atoms with Crippen LogP contribution in [-0.2, 0) is 14.3 Å². The SMILES string of the molecule is CCCC1CCC(NC(=O)C(N)C(=O)OCC)CC1. The highest BCUT2D eigenvalue weighted by Gasteiger charge is 2.27. The third-order valence-corrected chi connectivity index (χ3v) is 3.71.